The van der Waals surface area contributed by atoms with Crippen molar-refractivity contribution in [3.63, 3.8) is 0 Å². The van der Waals surface area contributed by atoms with Crippen molar-refractivity contribution in [2.75, 3.05) is 13.1 Å². The van der Waals surface area contributed by atoms with Gasteiger partial charge in [-0.2, -0.15) is 5.10 Å². The first-order valence-corrected chi connectivity index (χ1v) is 8.63. The molecule has 1 aliphatic rings. The van der Waals surface area contributed by atoms with Crippen LogP contribution >= 0.6 is 0 Å². The summed E-state index contributed by atoms with van der Waals surface area (Å²) in [7, 11) is 0. The Morgan fingerprint density at radius 3 is 2.76 bits per heavy atom. The third-order valence-corrected chi connectivity index (χ3v) is 4.71. The van der Waals surface area contributed by atoms with E-state index in [1.165, 1.54) is 0 Å². The van der Waals surface area contributed by atoms with Gasteiger partial charge in [0.2, 0.25) is 0 Å². The molecule has 1 aliphatic heterocycles. The summed E-state index contributed by atoms with van der Waals surface area (Å²) in [5.74, 6) is 0.103. The summed E-state index contributed by atoms with van der Waals surface area (Å²) < 4.78 is 3.98. The maximum atomic E-state index is 12.8. The molecular formula is C19H21N5O. The highest BCUT2D eigenvalue weighted by atomic mass is 16.2. The van der Waals surface area contributed by atoms with E-state index in [4.69, 9.17) is 0 Å². The first kappa shape index (κ1) is 15.6. The Hall–Kier alpha value is -2.89. The number of amides is 1. The molecule has 1 fully saturated rings. The van der Waals surface area contributed by atoms with E-state index in [0.29, 0.717) is 0 Å². The van der Waals surface area contributed by atoms with E-state index in [9.17, 15) is 4.79 Å². The highest BCUT2D eigenvalue weighted by Crippen LogP contribution is 2.22. The molecule has 6 nitrogen and oxygen atoms in total. The molecule has 1 unspecified atom stereocenters. The second-order valence-corrected chi connectivity index (χ2v) is 6.47. The molecule has 25 heavy (non-hydrogen) atoms. The van der Waals surface area contributed by atoms with Crippen LogP contribution in [0.5, 0.6) is 0 Å². The first-order valence-electron chi connectivity index (χ1n) is 8.63. The molecular weight excluding hydrogens is 314 g/mol. The minimum absolute atomic E-state index is 0.103. The molecule has 0 spiro atoms. The maximum absolute atomic E-state index is 12.8. The molecule has 1 amide bonds. The summed E-state index contributed by atoms with van der Waals surface area (Å²) >= 11 is 0. The average Bonchev–Trinajstić information content (AvgIpc) is 3.36. The van der Waals surface area contributed by atoms with Crippen LogP contribution in [-0.2, 0) is 6.54 Å². The number of hydrogen-bond acceptors (Lipinski definition) is 3. The molecule has 3 heterocycles. The van der Waals surface area contributed by atoms with Crippen molar-refractivity contribution < 1.29 is 4.79 Å². The van der Waals surface area contributed by atoms with Gasteiger partial charge in [0.25, 0.3) is 5.91 Å². The van der Waals surface area contributed by atoms with Crippen molar-refractivity contribution in [2.45, 2.75) is 25.4 Å². The number of carbonyl (C=O) groups excluding carboxylic acids is 1. The van der Waals surface area contributed by atoms with E-state index in [1.54, 1.807) is 18.7 Å². The smallest absolute Gasteiger partial charge is 0.253 e. The summed E-state index contributed by atoms with van der Waals surface area (Å²) in [5, 5.41) is 4.32. The van der Waals surface area contributed by atoms with Crippen molar-refractivity contribution in [2.24, 2.45) is 0 Å². The van der Waals surface area contributed by atoms with Crippen LogP contribution in [0.1, 0.15) is 34.8 Å². The van der Waals surface area contributed by atoms with E-state index in [1.807, 2.05) is 56.9 Å². The Bertz CT molecular complexity index is 808. The largest absolute Gasteiger partial charge is 0.337 e. The van der Waals surface area contributed by atoms with Crippen molar-refractivity contribution >= 4 is 5.91 Å². The van der Waals surface area contributed by atoms with Gasteiger partial charge in [-0.1, -0.05) is 12.1 Å². The van der Waals surface area contributed by atoms with Crippen LogP contribution in [0.15, 0.2) is 61.4 Å². The number of aromatic nitrogens is 4. The fourth-order valence-electron chi connectivity index (χ4n) is 3.38. The molecule has 1 atom stereocenters. The lowest BCUT2D eigenvalue weighted by Crippen LogP contribution is -2.40. The van der Waals surface area contributed by atoms with Crippen LogP contribution in [0.3, 0.4) is 0 Å². The van der Waals surface area contributed by atoms with E-state index in [2.05, 4.69) is 10.1 Å². The molecule has 0 bridgehead atoms. The van der Waals surface area contributed by atoms with Crippen molar-refractivity contribution in [3.8, 4) is 0 Å². The van der Waals surface area contributed by atoms with Gasteiger partial charge < -0.3 is 9.47 Å². The third kappa shape index (κ3) is 3.47. The maximum Gasteiger partial charge on any atom is 0.253 e. The number of imidazole rings is 1. The molecule has 0 saturated carbocycles. The molecule has 128 valence electrons. The van der Waals surface area contributed by atoms with Crippen LogP contribution in [0.4, 0.5) is 0 Å². The Morgan fingerprint density at radius 1 is 1.16 bits per heavy atom. The lowest BCUT2D eigenvalue weighted by molar-refractivity contribution is 0.0673. The van der Waals surface area contributed by atoms with E-state index in [0.717, 1.165) is 43.6 Å². The van der Waals surface area contributed by atoms with Crippen LogP contribution in [0, 0.1) is 0 Å². The molecule has 4 rings (SSSR count). The number of carbonyl (C=O) groups is 1. The van der Waals surface area contributed by atoms with Gasteiger partial charge in [-0.25, -0.2) is 4.98 Å². The molecule has 1 aromatic carbocycles. The Kier molecular flexibility index (Phi) is 4.33. The molecule has 2 aromatic heterocycles. The first-order chi connectivity index (χ1) is 12.3. The number of likely N-dealkylation sites (tertiary alicyclic amines) is 1. The van der Waals surface area contributed by atoms with Crippen LogP contribution in [-0.4, -0.2) is 43.2 Å². The fraction of sp³-hybridized carbons (Fsp3) is 0.316. The molecule has 0 aliphatic carbocycles. The number of hydrogen-bond donors (Lipinski definition) is 0. The monoisotopic (exact) mass is 335 g/mol. The summed E-state index contributed by atoms with van der Waals surface area (Å²) in [6.45, 7) is 2.30. The van der Waals surface area contributed by atoms with Gasteiger partial charge in [0.05, 0.1) is 12.4 Å². The number of benzene rings is 1. The molecule has 3 aromatic rings. The Morgan fingerprint density at radius 2 is 2.04 bits per heavy atom. The van der Waals surface area contributed by atoms with E-state index in [-0.39, 0.29) is 11.9 Å². The van der Waals surface area contributed by atoms with E-state index >= 15 is 0 Å². The van der Waals surface area contributed by atoms with Gasteiger partial charge >= 0.3 is 0 Å². The standard InChI is InChI=1S/C19H21N5O/c25-19(23-10-1-3-18(14-23)24-11-2-8-21-24)17-6-4-16(5-7-17)13-22-12-9-20-15-22/h2,4-9,11-12,15,18H,1,3,10,13-14H2. The van der Waals surface area contributed by atoms with Gasteiger partial charge in [-0.05, 0) is 36.6 Å². The number of nitrogens with zero attached hydrogens (tertiary/aromatic N) is 5. The average molecular weight is 335 g/mol. The number of piperidine rings is 1. The molecule has 0 N–H and O–H groups in total. The summed E-state index contributed by atoms with van der Waals surface area (Å²) in [5.41, 5.74) is 1.90. The highest BCUT2D eigenvalue weighted by molar-refractivity contribution is 5.94. The summed E-state index contributed by atoms with van der Waals surface area (Å²) in [4.78, 5) is 18.8. The zero-order valence-electron chi connectivity index (χ0n) is 14.0. The second-order valence-electron chi connectivity index (χ2n) is 6.47. The van der Waals surface area contributed by atoms with Gasteiger partial charge in [-0.15, -0.1) is 0 Å². The lowest BCUT2D eigenvalue weighted by atomic mass is 10.0. The quantitative estimate of drug-likeness (QED) is 0.736. The van der Waals surface area contributed by atoms with E-state index < -0.39 is 0 Å². The van der Waals surface area contributed by atoms with Crippen molar-refractivity contribution in [3.05, 3.63) is 72.6 Å². The van der Waals surface area contributed by atoms with Crippen LogP contribution in [0.2, 0.25) is 0 Å². The van der Waals surface area contributed by atoms with Gasteiger partial charge in [0.15, 0.2) is 0 Å². The predicted molar refractivity (Wildman–Crippen MR) is 94.2 cm³/mol. The summed E-state index contributed by atoms with van der Waals surface area (Å²) in [6.07, 6.45) is 11.3. The SMILES string of the molecule is O=C(c1ccc(Cn2ccnc2)cc1)N1CCCC(n2cccn2)C1. The van der Waals surface area contributed by atoms with Gasteiger partial charge in [0, 0.05) is 50.0 Å². The fourth-order valence-corrected chi connectivity index (χ4v) is 3.38. The zero-order valence-corrected chi connectivity index (χ0v) is 14.0. The number of rotatable bonds is 4. The molecule has 1 saturated heterocycles. The van der Waals surface area contributed by atoms with Crippen molar-refractivity contribution in [1.29, 1.82) is 0 Å². The summed E-state index contributed by atoms with van der Waals surface area (Å²) in [6, 6.07) is 10.1. The minimum Gasteiger partial charge on any atom is -0.337 e. The zero-order chi connectivity index (χ0) is 17.1. The Labute approximate surface area is 146 Å². The molecule has 0 radical (unpaired) electrons. The van der Waals surface area contributed by atoms with Crippen LogP contribution in [0.25, 0.3) is 0 Å². The van der Waals surface area contributed by atoms with Crippen molar-refractivity contribution in [1.82, 2.24) is 24.2 Å². The second kappa shape index (κ2) is 6.93. The lowest BCUT2D eigenvalue weighted by Gasteiger charge is -2.33. The normalized spacial score (nSPS) is 17.6. The Balaban J connectivity index is 1.43. The minimum atomic E-state index is 0.103. The third-order valence-electron chi connectivity index (χ3n) is 4.71. The van der Waals surface area contributed by atoms with Gasteiger partial charge in [0.1, 0.15) is 0 Å². The molecule has 6 heteroatoms. The van der Waals surface area contributed by atoms with Gasteiger partial charge in [-0.3, -0.25) is 9.48 Å². The topological polar surface area (TPSA) is 56.0 Å². The van der Waals surface area contributed by atoms with Crippen LogP contribution < -0.4 is 0 Å². The predicted octanol–water partition coefficient (Wildman–Crippen LogP) is 2.61. The highest BCUT2D eigenvalue weighted by Gasteiger charge is 2.25.